The summed E-state index contributed by atoms with van der Waals surface area (Å²) in [7, 11) is 1.78. The fraction of sp³-hybridized carbons (Fsp3) is 0.353. The Kier molecular flexibility index (Phi) is 3.79. The zero-order chi connectivity index (χ0) is 17.4. The average Bonchev–Trinajstić information content (AvgIpc) is 3.20. The second-order valence-electron chi connectivity index (χ2n) is 6.10. The summed E-state index contributed by atoms with van der Waals surface area (Å²) in [5.74, 6) is 1.08. The molecule has 1 atom stereocenters. The van der Waals surface area contributed by atoms with Crippen LogP contribution in [0.4, 0.5) is 11.5 Å². The fourth-order valence-electron chi connectivity index (χ4n) is 3.04. The summed E-state index contributed by atoms with van der Waals surface area (Å²) in [6.07, 6.45) is 1.92. The number of carbonyl (C=O) groups is 2. The van der Waals surface area contributed by atoms with Crippen molar-refractivity contribution in [3.8, 4) is 11.5 Å². The van der Waals surface area contributed by atoms with Crippen LogP contribution in [0.5, 0.6) is 11.5 Å². The first-order valence-corrected chi connectivity index (χ1v) is 8.11. The van der Waals surface area contributed by atoms with Crippen LogP contribution in [0.2, 0.25) is 0 Å². The molecular weight excluding hydrogens is 324 g/mol. The molecule has 1 fully saturated rings. The van der Waals surface area contributed by atoms with Crippen molar-refractivity contribution in [2.75, 3.05) is 30.0 Å². The number of nitrogens with zero attached hydrogens (tertiary/aromatic N) is 3. The van der Waals surface area contributed by atoms with Crippen LogP contribution in [0.25, 0.3) is 0 Å². The number of benzene rings is 1. The first kappa shape index (κ1) is 15.5. The number of hydrogen-bond donors (Lipinski definition) is 1. The Bertz CT molecular complexity index is 832. The van der Waals surface area contributed by atoms with Gasteiger partial charge in [-0.25, -0.2) is 0 Å². The van der Waals surface area contributed by atoms with Gasteiger partial charge in [0.05, 0.1) is 5.92 Å². The first-order chi connectivity index (χ1) is 12.1. The Hall–Kier alpha value is -3.03. The first-order valence-electron chi connectivity index (χ1n) is 8.11. The zero-order valence-corrected chi connectivity index (χ0v) is 13.8. The minimum Gasteiger partial charge on any atom is -0.486 e. The third kappa shape index (κ3) is 3.02. The summed E-state index contributed by atoms with van der Waals surface area (Å²) in [5.41, 5.74) is 0.711. The van der Waals surface area contributed by atoms with Gasteiger partial charge in [0.25, 0.3) is 0 Å². The quantitative estimate of drug-likeness (QED) is 0.905. The molecule has 0 spiro atoms. The molecule has 130 valence electrons. The Morgan fingerprint density at radius 3 is 2.80 bits per heavy atom. The lowest BCUT2D eigenvalue weighted by molar-refractivity contribution is -0.122. The normalized spacial score (nSPS) is 19.2. The van der Waals surface area contributed by atoms with Gasteiger partial charge >= 0.3 is 0 Å². The van der Waals surface area contributed by atoms with Gasteiger partial charge in [-0.15, -0.1) is 0 Å². The van der Waals surface area contributed by atoms with E-state index in [4.69, 9.17) is 9.47 Å². The number of ether oxygens (including phenoxy) is 2. The van der Waals surface area contributed by atoms with Crippen LogP contribution in [0.15, 0.2) is 30.5 Å². The lowest BCUT2D eigenvalue weighted by Crippen LogP contribution is -2.28. The molecule has 25 heavy (non-hydrogen) atoms. The second kappa shape index (κ2) is 6.12. The molecule has 1 aromatic heterocycles. The molecule has 2 amide bonds. The van der Waals surface area contributed by atoms with E-state index in [-0.39, 0.29) is 18.2 Å². The van der Waals surface area contributed by atoms with E-state index in [0.29, 0.717) is 42.8 Å². The van der Waals surface area contributed by atoms with Crippen molar-refractivity contribution >= 4 is 23.3 Å². The number of aryl methyl sites for hydroxylation is 1. The largest absolute Gasteiger partial charge is 0.486 e. The topological polar surface area (TPSA) is 85.7 Å². The molecule has 1 unspecified atom stereocenters. The smallest absolute Gasteiger partial charge is 0.231 e. The van der Waals surface area contributed by atoms with E-state index in [1.807, 2.05) is 6.07 Å². The standard InChI is InChI=1S/C17H18N4O4/c1-20-5-4-15(19-20)18-17(23)11-8-16(22)21(10-11)12-2-3-13-14(9-12)25-7-6-24-13/h2-5,9,11H,6-8,10H2,1H3,(H,18,19,23). The summed E-state index contributed by atoms with van der Waals surface area (Å²) in [6, 6.07) is 7.10. The third-order valence-corrected chi connectivity index (χ3v) is 4.30. The molecule has 0 saturated carbocycles. The number of carbonyl (C=O) groups excluding carboxylic acids is 2. The highest BCUT2D eigenvalue weighted by atomic mass is 16.6. The summed E-state index contributed by atoms with van der Waals surface area (Å²) in [6.45, 7) is 1.33. The molecule has 4 rings (SSSR count). The van der Waals surface area contributed by atoms with E-state index in [2.05, 4.69) is 10.4 Å². The highest BCUT2D eigenvalue weighted by molar-refractivity contribution is 6.03. The van der Waals surface area contributed by atoms with Crippen LogP contribution in [-0.2, 0) is 16.6 Å². The van der Waals surface area contributed by atoms with E-state index in [1.54, 1.807) is 41.0 Å². The van der Waals surface area contributed by atoms with Gasteiger partial charge in [-0.1, -0.05) is 0 Å². The van der Waals surface area contributed by atoms with Gasteiger partial charge in [0.2, 0.25) is 11.8 Å². The Morgan fingerprint density at radius 1 is 1.24 bits per heavy atom. The molecule has 2 aliphatic rings. The fourth-order valence-corrected chi connectivity index (χ4v) is 3.04. The monoisotopic (exact) mass is 342 g/mol. The van der Waals surface area contributed by atoms with Crippen LogP contribution in [0.1, 0.15) is 6.42 Å². The van der Waals surface area contributed by atoms with Gasteiger partial charge in [-0.05, 0) is 12.1 Å². The number of anilines is 2. The van der Waals surface area contributed by atoms with Gasteiger partial charge in [0, 0.05) is 44.0 Å². The Morgan fingerprint density at radius 2 is 2.04 bits per heavy atom. The van der Waals surface area contributed by atoms with Crippen molar-refractivity contribution in [1.82, 2.24) is 9.78 Å². The van der Waals surface area contributed by atoms with Crippen molar-refractivity contribution < 1.29 is 19.1 Å². The number of aromatic nitrogens is 2. The van der Waals surface area contributed by atoms with E-state index < -0.39 is 5.92 Å². The average molecular weight is 342 g/mol. The van der Waals surface area contributed by atoms with Crippen LogP contribution in [-0.4, -0.2) is 41.4 Å². The zero-order valence-electron chi connectivity index (χ0n) is 13.8. The van der Waals surface area contributed by atoms with E-state index in [1.165, 1.54) is 0 Å². The van der Waals surface area contributed by atoms with Gasteiger partial charge in [-0.3, -0.25) is 14.3 Å². The van der Waals surface area contributed by atoms with Crippen LogP contribution in [0, 0.1) is 5.92 Å². The molecule has 1 saturated heterocycles. The Labute approximate surface area is 144 Å². The van der Waals surface area contributed by atoms with Crippen molar-refractivity contribution in [2.24, 2.45) is 13.0 Å². The predicted molar refractivity (Wildman–Crippen MR) is 89.7 cm³/mol. The predicted octanol–water partition coefficient (Wildman–Crippen LogP) is 1.18. The molecule has 3 heterocycles. The molecule has 0 aliphatic carbocycles. The number of amides is 2. The van der Waals surface area contributed by atoms with Crippen LogP contribution < -0.4 is 19.7 Å². The molecule has 8 nitrogen and oxygen atoms in total. The lowest BCUT2D eigenvalue weighted by Gasteiger charge is -2.22. The van der Waals surface area contributed by atoms with Crippen molar-refractivity contribution in [3.63, 3.8) is 0 Å². The van der Waals surface area contributed by atoms with Crippen LogP contribution in [0.3, 0.4) is 0 Å². The van der Waals surface area contributed by atoms with E-state index in [9.17, 15) is 9.59 Å². The maximum Gasteiger partial charge on any atom is 0.231 e. The Balaban J connectivity index is 1.47. The summed E-state index contributed by atoms with van der Waals surface area (Å²) >= 11 is 0. The molecule has 8 heteroatoms. The highest BCUT2D eigenvalue weighted by Gasteiger charge is 2.35. The maximum absolute atomic E-state index is 12.4. The van der Waals surface area contributed by atoms with Crippen molar-refractivity contribution in [1.29, 1.82) is 0 Å². The SMILES string of the molecule is Cn1ccc(NC(=O)C2CC(=O)N(c3ccc4c(c3)OCCO4)C2)n1. The van der Waals surface area contributed by atoms with Crippen LogP contribution >= 0.6 is 0 Å². The molecule has 2 aliphatic heterocycles. The summed E-state index contributed by atoms with van der Waals surface area (Å²) < 4.78 is 12.7. The third-order valence-electron chi connectivity index (χ3n) is 4.30. The minimum absolute atomic E-state index is 0.0853. The maximum atomic E-state index is 12.4. The molecule has 2 aromatic rings. The number of nitrogens with one attached hydrogen (secondary N) is 1. The van der Waals surface area contributed by atoms with Gasteiger partial charge in [0.1, 0.15) is 13.2 Å². The molecule has 0 bridgehead atoms. The van der Waals surface area contributed by atoms with Gasteiger partial charge in [-0.2, -0.15) is 5.10 Å². The summed E-state index contributed by atoms with van der Waals surface area (Å²) in [5, 5.41) is 6.87. The van der Waals surface area contributed by atoms with E-state index >= 15 is 0 Å². The number of fused-ring (bicyclic) bond motifs is 1. The number of hydrogen-bond acceptors (Lipinski definition) is 5. The highest BCUT2D eigenvalue weighted by Crippen LogP contribution is 2.36. The van der Waals surface area contributed by atoms with Gasteiger partial charge < -0.3 is 19.7 Å². The second-order valence-corrected chi connectivity index (χ2v) is 6.10. The summed E-state index contributed by atoms with van der Waals surface area (Å²) in [4.78, 5) is 26.4. The minimum atomic E-state index is -0.414. The lowest BCUT2D eigenvalue weighted by atomic mass is 10.1. The molecular formula is C17H18N4O4. The molecule has 0 radical (unpaired) electrons. The van der Waals surface area contributed by atoms with Gasteiger partial charge in [0.15, 0.2) is 17.3 Å². The molecule has 1 N–H and O–H groups in total. The van der Waals surface area contributed by atoms with E-state index in [0.717, 1.165) is 0 Å². The van der Waals surface area contributed by atoms with Crippen molar-refractivity contribution in [2.45, 2.75) is 6.42 Å². The molecule has 1 aromatic carbocycles. The van der Waals surface area contributed by atoms with Crippen molar-refractivity contribution in [3.05, 3.63) is 30.5 Å². The number of rotatable bonds is 3.